The van der Waals surface area contributed by atoms with Crippen molar-refractivity contribution in [2.75, 3.05) is 6.54 Å². The molecule has 0 saturated heterocycles. The van der Waals surface area contributed by atoms with E-state index in [1.54, 1.807) is 6.92 Å². The third-order valence-corrected chi connectivity index (χ3v) is 1.56. The molecule has 1 atom stereocenters. The van der Waals surface area contributed by atoms with Crippen LogP contribution in [0.5, 0.6) is 0 Å². The highest BCUT2D eigenvalue weighted by Gasteiger charge is 2.06. The highest BCUT2D eigenvalue weighted by atomic mass is 16.1. The Kier molecular flexibility index (Phi) is 6.08. The minimum absolute atomic E-state index is 0.0162. The molecule has 3 nitrogen and oxygen atoms in total. The van der Waals surface area contributed by atoms with Crippen molar-refractivity contribution >= 4 is 5.91 Å². The van der Waals surface area contributed by atoms with Crippen molar-refractivity contribution in [3.8, 4) is 6.07 Å². The highest BCUT2D eigenvalue weighted by molar-refractivity contribution is 5.76. The molecule has 0 bridgehead atoms. The normalized spacial score (nSPS) is 11.8. The maximum absolute atomic E-state index is 11.0. The van der Waals surface area contributed by atoms with Crippen LogP contribution in [0.2, 0.25) is 0 Å². The SMILES string of the molecule is CCCCNC(=O)CC(C)C#N. The molecule has 1 unspecified atom stereocenters. The molecule has 0 fully saturated rings. The fraction of sp³-hybridized carbons (Fsp3) is 0.778. The Morgan fingerprint density at radius 3 is 2.83 bits per heavy atom. The molecule has 1 N–H and O–H groups in total. The van der Waals surface area contributed by atoms with Gasteiger partial charge in [-0.3, -0.25) is 4.79 Å². The molecule has 0 spiro atoms. The average Bonchev–Trinajstić information content (AvgIpc) is 2.05. The summed E-state index contributed by atoms with van der Waals surface area (Å²) in [6.45, 7) is 4.55. The van der Waals surface area contributed by atoms with Crippen molar-refractivity contribution < 1.29 is 4.79 Å². The van der Waals surface area contributed by atoms with Gasteiger partial charge in [0.1, 0.15) is 0 Å². The summed E-state index contributed by atoms with van der Waals surface area (Å²) in [4.78, 5) is 11.0. The largest absolute Gasteiger partial charge is 0.356 e. The highest BCUT2D eigenvalue weighted by Crippen LogP contribution is 1.98. The summed E-state index contributed by atoms with van der Waals surface area (Å²) in [5.74, 6) is -0.191. The van der Waals surface area contributed by atoms with E-state index < -0.39 is 0 Å². The lowest BCUT2D eigenvalue weighted by molar-refractivity contribution is -0.121. The lowest BCUT2D eigenvalue weighted by Gasteiger charge is -2.04. The van der Waals surface area contributed by atoms with Crippen LogP contribution in [0.4, 0.5) is 0 Å². The topological polar surface area (TPSA) is 52.9 Å². The fourth-order valence-corrected chi connectivity index (χ4v) is 0.800. The van der Waals surface area contributed by atoms with Crippen LogP contribution < -0.4 is 5.32 Å². The van der Waals surface area contributed by atoms with Gasteiger partial charge in [0.05, 0.1) is 12.0 Å². The van der Waals surface area contributed by atoms with Crippen molar-refractivity contribution in [1.29, 1.82) is 5.26 Å². The predicted molar refractivity (Wildman–Crippen MR) is 47.3 cm³/mol. The van der Waals surface area contributed by atoms with Crippen LogP contribution in [0.25, 0.3) is 0 Å². The van der Waals surface area contributed by atoms with E-state index in [2.05, 4.69) is 12.2 Å². The summed E-state index contributed by atoms with van der Waals surface area (Å²) in [6.07, 6.45) is 2.40. The smallest absolute Gasteiger partial charge is 0.221 e. The quantitative estimate of drug-likeness (QED) is 0.632. The molecule has 0 aromatic carbocycles. The van der Waals surface area contributed by atoms with Crippen molar-refractivity contribution in [3.05, 3.63) is 0 Å². The predicted octanol–water partition coefficient (Wildman–Crippen LogP) is 1.45. The summed E-state index contributed by atoms with van der Waals surface area (Å²) in [5.41, 5.74) is 0. The molecule has 12 heavy (non-hydrogen) atoms. The molecule has 0 saturated carbocycles. The number of hydrogen-bond donors (Lipinski definition) is 1. The zero-order valence-electron chi connectivity index (χ0n) is 7.76. The van der Waals surface area contributed by atoms with Crippen LogP contribution in [0.15, 0.2) is 0 Å². The second-order valence-corrected chi connectivity index (χ2v) is 2.94. The van der Waals surface area contributed by atoms with Crippen molar-refractivity contribution in [2.45, 2.75) is 33.1 Å². The van der Waals surface area contributed by atoms with Gasteiger partial charge in [0.25, 0.3) is 0 Å². The molecule has 0 aromatic heterocycles. The van der Waals surface area contributed by atoms with E-state index >= 15 is 0 Å². The molecule has 0 aromatic rings. The van der Waals surface area contributed by atoms with E-state index in [0.717, 1.165) is 19.4 Å². The standard InChI is InChI=1S/C9H16N2O/c1-3-4-5-11-9(12)6-8(2)7-10/h8H,3-6H2,1-2H3,(H,11,12). The maximum Gasteiger partial charge on any atom is 0.221 e. The van der Waals surface area contributed by atoms with Crippen LogP contribution in [0, 0.1) is 17.2 Å². The van der Waals surface area contributed by atoms with Gasteiger partial charge in [-0.1, -0.05) is 13.3 Å². The van der Waals surface area contributed by atoms with Gasteiger partial charge in [-0.2, -0.15) is 5.26 Å². The third-order valence-electron chi connectivity index (χ3n) is 1.56. The summed E-state index contributed by atoms with van der Waals surface area (Å²) in [6, 6.07) is 2.03. The number of hydrogen-bond acceptors (Lipinski definition) is 2. The lowest BCUT2D eigenvalue weighted by atomic mass is 10.1. The van der Waals surface area contributed by atoms with Crippen LogP contribution in [-0.4, -0.2) is 12.5 Å². The molecule has 0 aliphatic carbocycles. The van der Waals surface area contributed by atoms with Gasteiger partial charge in [0.2, 0.25) is 5.91 Å². The average molecular weight is 168 g/mol. The van der Waals surface area contributed by atoms with Gasteiger partial charge >= 0.3 is 0 Å². The molecular formula is C9H16N2O. The van der Waals surface area contributed by atoms with E-state index in [1.807, 2.05) is 6.07 Å². The van der Waals surface area contributed by atoms with Gasteiger partial charge in [-0.05, 0) is 13.3 Å². The second-order valence-electron chi connectivity index (χ2n) is 2.94. The number of amides is 1. The molecule has 68 valence electrons. The summed E-state index contributed by atoms with van der Waals surface area (Å²) < 4.78 is 0. The van der Waals surface area contributed by atoms with Gasteiger partial charge in [0.15, 0.2) is 0 Å². The number of nitrogens with zero attached hydrogens (tertiary/aromatic N) is 1. The van der Waals surface area contributed by atoms with Crippen LogP contribution in [0.1, 0.15) is 33.1 Å². The second kappa shape index (κ2) is 6.66. The summed E-state index contributed by atoms with van der Waals surface area (Å²) in [5, 5.41) is 11.2. The zero-order valence-corrected chi connectivity index (χ0v) is 7.76. The van der Waals surface area contributed by atoms with Crippen molar-refractivity contribution in [2.24, 2.45) is 5.92 Å². The van der Waals surface area contributed by atoms with Gasteiger partial charge in [-0.15, -0.1) is 0 Å². The molecule has 0 aliphatic rings. The molecule has 0 rings (SSSR count). The van der Waals surface area contributed by atoms with E-state index in [9.17, 15) is 4.79 Å². The summed E-state index contributed by atoms with van der Waals surface area (Å²) in [7, 11) is 0. The molecule has 0 aliphatic heterocycles. The molecule has 1 amide bonds. The van der Waals surface area contributed by atoms with Crippen LogP contribution in [0.3, 0.4) is 0 Å². The number of carbonyl (C=O) groups excluding carboxylic acids is 1. The van der Waals surface area contributed by atoms with E-state index in [-0.39, 0.29) is 11.8 Å². The number of carbonyl (C=O) groups is 1. The first-order valence-electron chi connectivity index (χ1n) is 4.37. The fourth-order valence-electron chi connectivity index (χ4n) is 0.800. The number of nitrogens with one attached hydrogen (secondary N) is 1. The molecule has 3 heteroatoms. The van der Waals surface area contributed by atoms with Gasteiger partial charge in [-0.25, -0.2) is 0 Å². The van der Waals surface area contributed by atoms with Crippen molar-refractivity contribution in [3.63, 3.8) is 0 Å². The maximum atomic E-state index is 11.0. The lowest BCUT2D eigenvalue weighted by Crippen LogP contribution is -2.25. The van der Waals surface area contributed by atoms with E-state index in [1.165, 1.54) is 0 Å². The number of unbranched alkanes of at least 4 members (excludes halogenated alkanes) is 1. The Morgan fingerprint density at radius 2 is 2.33 bits per heavy atom. The first-order chi connectivity index (χ1) is 5.70. The van der Waals surface area contributed by atoms with Crippen LogP contribution >= 0.6 is 0 Å². The van der Waals surface area contributed by atoms with Gasteiger partial charge < -0.3 is 5.32 Å². The monoisotopic (exact) mass is 168 g/mol. The van der Waals surface area contributed by atoms with E-state index in [0.29, 0.717) is 6.42 Å². The number of rotatable bonds is 5. The Bertz CT molecular complexity index is 172. The Hall–Kier alpha value is -1.04. The molecular weight excluding hydrogens is 152 g/mol. The van der Waals surface area contributed by atoms with Crippen molar-refractivity contribution in [1.82, 2.24) is 5.32 Å². The van der Waals surface area contributed by atoms with Crippen LogP contribution in [-0.2, 0) is 4.79 Å². The van der Waals surface area contributed by atoms with E-state index in [4.69, 9.17) is 5.26 Å². The Balaban J connectivity index is 3.41. The minimum atomic E-state index is -0.174. The minimum Gasteiger partial charge on any atom is -0.356 e. The Labute approximate surface area is 73.8 Å². The molecule has 0 radical (unpaired) electrons. The van der Waals surface area contributed by atoms with Gasteiger partial charge in [0, 0.05) is 13.0 Å². The third kappa shape index (κ3) is 5.72. The first-order valence-corrected chi connectivity index (χ1v) is 4.37. The Morgan fingerprint density at radius 1 is 1.67 bits per heavy atom. The number of nitriles is 1. The molecule has 0 heterocycles. The summed E-state index contributed by atoms with van der Waals surface area (Å²) >= 11 is 0. The zero-order chi connectivity index (χ0) is 9.40. The first kappa shape index (κ1) is 11.0.